The molecule has 10 heteroatoms. The van der Waals surface area contributed by atoms with Crippen LogP contribution >= 0.6 is 23.1 Å². The Hall–Kier alpha value is -2.46. The second-order valence-corrected chi connectivity index (χ2v) is 9.80. The van der Waals surface area contributed by atoms with E-state index in [0.29, 0.717) is 21.9 Å². The van der Waals surface area contributed by atoms with E-state index < -0.39 is 17.8 Å². The third-order valence-corrected chi connectivity index (χ3v) is 7.19. The first kappa shape index (κ1) is 24.2. The van der Waals surface area contributed by atoms with E-state index in [4.69, 9.17) is 4.98 Å². The number of aryl methyl sites for hydroxylation is 2. The lowest BCUT2D eigenvalue weighted by atomic mass is 10.2. The van der Waals surface area contributed by atoms with Crippen molar-refractivity contribution in [2.24, 2.45) is 0 Å². The number of carbonyl (C=O) groups is 1. The molecular formula is C22H25F2N3O3S2. The monoisotopic (exact) mass is 481 g/mol. The molecule has 2 aromatic heterocycles. The molecule has 0 aliphatic carbocycles. The predicted molar refractivity (Wildman–Crippen MR) is 125 cm³/mol. The van der Waals surface area contributed by atoms with Gasteiger partial charge in [0.1, 0.15) is 10.6 Å². The maximum Gasteiger partial charge on any atom is 0.387 e. The van der Waals surface area contributed by atoms with Gasteiger partial charge in [0.25, 0.3) is 5.56 Å². The van der Waals surface area contributed by atoms with Crippen LogP contribution < -0.4 is 15.6 Å². The zero-order valence-corrected chi connectivity index (χ0v) is 19.9. The molecule has 3 rings (SSSR count). The molecule has 0 fully saturated rings. The molecule has 1 aromatic carbocycles. The van der Waals surface area contributed by atoms with E-state index in [2.05, 4.69) is 10.1 Å². The summed E-state index contributed by atoms with van der Waals surface area (Å²) in [5, 5.41) is 3.10. The number of nitrogens with zero attached hydrogens (tertiary/aromatic N) is 2. The van der Waals surface area contributed by atoms with Gasteiger partial charge in [0, 0.05) is 11.4 Å². The molecule has 32 heavy (non-hydrogen) atoms. The van der Waals surface area contributed by atoms with E-state index >= 15 is 0 Å². The lowest BCUT2D eigenvalue weighted by Gasteiger charge is -2.17. The number of thiophene rings is 1. The molecule has 0 radical (unpaired) electrons. The van der Waals surface area contributed by atoms with Crippen LogP contribution in [0.1, 0.15) is 37.1 Å². The number of ether oxygens (including phenoxy) is 1. The van der Waals surface area contributed by atoms with Gasteiger partial charge in [-0.15, -0.1) is 11.3 Å². The zero-order valence-electron chi connectivity index (χ0n) is 18.3. The number of unbranched alkanes of at least 4 members (excludes halogenated alkanes) is 1. The SMILES string of the molecule is CCCCn1c(SC(C)C(=O)Nc2ccccc2OC(F)F)nc2sc(C)c(C)c2c1=O. The van der Waals surface area contributed by atoms with Crippen LogP contribution in [-0.4, -0.2) is 27.3 Å². The van der Waals surface area contributed by atoms with Crippen molar-refractivity contribution in [3.8, 4) is 5.75 Å². The van der Waals surface area contributed by atoms with E-state index in [1.807, 2.05) is 20.8 Å². The fourth-order valence-corrected chi connectivity index (χ4v) is 5.13. The van der Waals surface area contributed by atoms with Crippen LogP contribution in [0.2, 0.25) is 0 Å². The molecule has 1 amide bonds. The van der Waals surface area contributed by atoms with Crippen molar-refractivity contribution in [2.45, 2.75) is 64.1 Å². The van der Waals surface area contributed by atoms with Crippen LogP contribution in [0, 0.1) is 13.8 Å². The first-order valence-corrected chi connectivity index (χ1v) is 11.9. The van der Waals surface area contributed by atoms with Gasteiger partial charge in [-0.3, -0.25) is 14.2 Å². The van der Waals surface area contributed by atoms with E-state index in [1.54, 1.807) is 23.6 Å². The summed E-state index contributed by atoms with van der Waals surface area (Å²) in [6.07, 6.45) is 1.72. The molecule has 0 aliphatic rings. The number of benzene rings is 1. The number of hydrogen-bond donors (Lipinski definition) is 1. The normalized spacial score (nSPS) is 12.3. The number of carbonyl (C=O) groups excluding carboxylic acids is 1. The Morgan fingerprint density at radius 1 is 1.31 bits per heavy atom. The number of fused-ring (bicyclic) bond motifs is 1. The number of anilines is 1. The molecule has 1 unspecified atom stereocenters. The highest BCUT2D eigenvalue weighted by molar-refractivity contribution is 8.00. The molecule has 0 spiro atoms. The van der Waals surface area contributed by atoms with Crippen molar-refractivity contribution in [3.05, 3.63) is 45.1 Å². The second-order valence-electron chi connectivity index (χ2n) is 7.29. The Kier molecular flexibility index (Phi) is 7.89. The highest BCUT2D eigenvalue weighted by Gasteiger charge is 2.22. The number of hydrogen-bond acceptors (Lipinski definition) is 6. The summed E-state index contributed by atoms with van der Waals surface area (Å²) in [7, 11) is 0. The molecule has 3 aromatic rings. The number of thioether (sulfide) groups is 1. The summed E-state index contributed by atoms with van der Waals surface area (Å²) >= 11 is 2.63. The number of nitrogens with one attached hydrogen (secondary N) is 1. The molecule has 0 saturated carbocycles. The lowest BCUT2D eigenvalue weighted by Crippen LogP contribution is -2.27. The molecule has 1 atom stereocenters. The lowest BCUT2D eigenvalue weighted by molar-refractivity contribution is -0.115. The molecule has 1 N–H and O–H groups in total. The number of halogens is 2. The molecule has 2 heterocycles. The van der Waals surface area contributed by atoms with Gasteiger partial charge in [-0.25, -0.2) is 4.98 Å². The molecule has 0 bridgehead atoms. The highest BCUT2D eigenvalue weighted by atomic mass is 32.2. The van der Waals surface area contributed by atoms with Gasteiger partial charge in [-0.05, 0) is 44.9 Å². The minimum atomic E-state index is -3.00. The zero-order chi connectivity index (χ0) is 23.4. The van der Waals surface area contributed by atoms with Crippen LogP contribution in [0.3, 0.4) is 0 Å². The van der Waals surface area contributed by atoms with Crippen LogP contribution in [0.4, 0.5) is 14.5 Å². The van der Waals surface area contributed by atoms with Gasteiger partial charge in [0.2, 0.25) is 5.91 Å². The van der Waals surface area contributed by atoms with Crippen molar-refractivity contribution in [3.63, 3.8) is 0 Å². The second kappa shape index (κ2) is 10.4. The number of amides is 1. The average molecular weight is 482 g/mol. The Labute approximate surface area is 193 Å². The van der Waals surface area contributed by atoms with E-state index in [0.717, 1.165) is 23.3 Å². The van der Waals surface area contributed by atoms with Crippen LogP contribution in [-0.2, 0) is 11.3 Å². The average Bonchev–Trinajstić information content (AvgIpc) is 3.02. The van der Waals surface area contributed by atoms with Crippen LogP contribution in [0.25, 0.3) is 10.2 Å². The third-order valence-electron chi connectivity index (χ3n) is 5.00. The van der Waals surface area contributed by atoms with E-state index in [9.17, 15) is 18.4 Å². The van der Waals surface area contributed by atoms with E-state index in [-0.39, 0.29) is 17.0 Å². The first-order valence-electron chi connectivity index (χ1n) is 10.2. The molecule has 172 valence electrons. The number of alkyl halides is 2. The predicted octanol–water partition coefficient (Wildman–Crippen LogP) is 5.60. The molecule has 0 aliphatic heterocycles. The fourth-order valence-electron chi connectivity index (χ4n) is 3.13. The smallest absolute Gasteiger partial charge is 0.387 e. The van der Waals surface area contributed by atoms with Crippen molar-refractivity contribution in [1.29, 1.82) is 0 Å². The standard InChI is InChI=1S/C22H25F2N3O3S2/c1-5-6-11-27-20(29)17-12(2)13(3)31-19(17)26-22(27)32-14(4)18(28)25-15-9-7-8-10-16(15)30-21(23)24/h7-10,14,21H,5-6,11H2,1-4H3,(H,25,28). The number of para-hydroxylation sites is 2. The summed E-state index contributed by atoms with van der Waals surface area (Å²) in [6.45, 7) is 5.11. The van der Waals surface area contributed by atoms with Gasteiger partial charge in [0.15, 0.2) is 5.16 Å². The van der Waals surface area contributed by atoms with Crippen molar-refractivity contribution < 1.29 is 18.3 Å². The van der Waals surface area contributed by atoms with E-state index in [1.165, 1.54) is 35.2 Å². The van der Waals surface area contributed by atoms with Gasteiger partial charge >= 0.3 is 6.61 Å². The quantitative estimate of drug-likeness (QED) is 0.318. The maximum absolute atomic E-state index is 13.2. The van der Waals surface area contributed by atoms with Gasteiger partial charge in [0.05, 0.1) is 16.3 Å². The van der Waals surface area contributed by atoms with Gasteiger partial charge in [-0.1, -0.05) is 37.2 Å². The van der Waals surface area contributed by atoms with Crippen LogP contribution in [0.5, 0.6) is 5.75 Å². The van der Waals surface area contributed by atoms with Crippen LogP contribution in [0.15, 0.2) is 34.2 Å². The summed E-state index contributed by atoms with van der Waals surface area (Å²) in [5.74, 6) is -0.521. The van der Waals surface area contributed by atoms with Crippen molar-refractivity contribution in [1.82, 2.24) is 9.55 Å². The topological polar surface area (TPSA) is 73.2 Å². The molecular weight excluding hydrogens is 456 g/mol. The minimum absolute atomic E-state index is 0.101. The van der Waals surface area contributed by atoms with Gasteiger partial charge < -0.3 is 10.1 Å². The Morgan fingerprint density at radius 3 is 2.72 bits per heavy atom. The largest absolute Gasteiger partial charge is 0.433 e. The van der Waals surface area contributed by atoms with Gasteiger partial charge in [-0.2, -0.15) is 8.78 Å². The van der Waals surface area contributed by atoms with Crippen molar-refractivity contribution in [2.75, 3.05) is 5.32 Å². The Morgan fingerprint density at radius 2 is 2.03 bits per heavy atom. The minimum Gasteiger partial charge on any atom is -0.433 e. The molecule has 6 nitrogen and oxygen atoms in total. The Balaban J connectivity index is 1.88. The van der Waals surface area contributed by atoms with Crippen molar-refractivity contribution >= 4 is 44.9 Å². The summed E-state index contributed by atoms with van der Waals surface area (Å²) in [4.78, 5) is 32.4. The number of aromatic nitrogens is 2. The fraction of sp³-hybridized carbons (Fsp3) is 0.409. The third kappa shape index (κ3) is 5.29. The Bertz CT molecular complexity index is 1180. The summed E-state index contributed by atoms with van der Waals surface area (Å²) in [6, 6.07) is 6.01. The summed E-state index contributed by atoms with van der Waals surface area (Å²) < 4.78 is 31.4. The highest BCUT2D eigenvalue weighted by Crippen LogP contribution is 2.31. The summed E-state index contributed by atoms with van der Waals surface area (Å²) in [5.41, 5.74) is 0.989. The number of rotatable bonds is 9. The first-order chi connectivity index (χ1) is 15.2. The maximum atomic E-state index is 13.2. The molecule has 0 saturated heterocycles.